The summed E-state index contributed by atoms with van der Waals surface area (Å²) in [6, 6.07) is 19.8. The highest BCUT2D eigenvalue weighted by Crippen LogP contribution is 2.23. The number of halogens is 1. The van der Waals surface area contributed by atoms with Crippen molar-refractivity contribution in [2.24, 2.45) is 0 Å². The SMILES string of the molecule is CC(Oc1ccc(F)cc1)C(=O)Nc1cccc(NC(=O)c2ccc(C(C)(C)C)cc2)c1. The van der Waals surface area contributed by atoms with Crippen LogP contribution in [-0.2, 0) is 10.2 Å². The van der Waals surface area contributed by atoms with Gasteiger partial charge in [-0.3, -0.25) is 9.59 Å². The van der Waals surface area contributed by atoms with Crippen molar-refractivity contribution in [3.63, 3.8) is 0 Å². The molecule has 0 spiro atoms. The van der Waals surface area contributed by atoms with E-state index >= 15 is 0 Å². The third-order valence-corrected chi connectivity index (χ3v) is 4.90. The molecular weight excluding hydrogens is 407 g/mol. The first-order valence-electron chi connectivity index (χ1n) is 10.4. The van der Waals surface area contributed by atoms with Gasteiger partial charge < -0.3 is 15.4 Å². The molecule has 32 heavy (non-hydrogen) atoms. The first-order chi connectivity index (χ1) is 15.1. The Kier molecular flexibility index (Phi) is 6.93. The molecule has 5 nitrogen and oxygen atoms in total. The van der Waals surface area contributed by atoms with Gasteiger partial charge in [-0.2, -0.15) is 0 Å². The van der Waals surface area contributed by atoms with Crippen LogP contribution in [0, 0.1) is 5.82 Å². The molecule has 0 saturated heterocycles. The highest BCUT2D eigenvalue weighted by Gasteiger charge is 2.16. The highest BCUT2D eigenvalue weighted by atomic mass is 19.1. The van der Waals surface area contributed by atoms with Gasteiger partial charge in [-0.25, -0.2) is 4.39 Å². The van der Waals surface area contributed by atoms with Gasteiger partial charge in [0.15, 0.2) is 6.10 Å². The summed E-state index contributed by atoms with van der Waals surface area (Å²) in [6.45, 7) is 7.96. The van der Waals surface area contributed by atoms with E-state index < -0.39 is 6.10 Å². The molecule has 3 aromatic rings. The lowest BCUT2D eigenvalue weighted by Crippen LogP contribution is -2.30. The van der Waals surface area contributed by atoms with Gasteiger partial charge in [0.1, 0.15) is 11.6 Å². The largest absolute Gasteiger partial charge is 0.481 e. The Balaban J connectivity index is 1.61. The zero-order valence-corrected chi connectivity index (χ0v) is 18.6. The summed E-state index contributed by atoms with van der Waals surface area (Å²) in [5.74, 6) is -0.580. The number of amides is 2. The number of nitrogens with one attached hydrogen (secondary N) is 2. The predicted octanol–water partition coefficient (Wildman–Crippen LogP) is 5.78. The second kappa shape index (κ2) is 9.64. The van der Waals surface area contributed by atoms with Crippen LogP contribution in [0.5, 0.6) is 5.75 Å². The topological polar surface area (TPSA) is 67.4 Å². The molecule has 3 aromatic carbocycles. The van der Waals surface area contributed by atoms with Crippen molar-refractivity contribution in [2.75, 3.05) is 10.6 Å². The molecule has 0 aliphatic rings. The van der Waals surface area contributed by atoms with Crippen LogP contribution >= 0.6 is 0 Å². The summed E-state index contributed by atoms with van der Waals surface area (Å²) in [7, 11) is 0. The van der Waals surface area contributed by atoms with Crippen LogP contribution in [0.2, 0.25) is 0 Å². The van der Waals surface area contributed by atoms with Crippen molar-refractivity contribution in [1.29, 1.82) is 0 Å². The maximum atomic E-state index is 13.0. The Hall–Kier alpha value is -3.67. The van der Waals surface area contributed by atoms with Gasteiger partial charge in [0.05, 0.1) is 0 Å². The number of carbonyl (C=O) groups is 2. The van der Waals surface area contributed by atoms with E-state index in [4.69, 9.17) is 4.74 Å². The Morgan fingerprint density at radius 3 is 2.06 bits per heavy atom. The van der Waals surface area contributed by atoms with Gasteiger partial charge in [0.25, 0.3) is 11.8 Å². The number of hydrogen-bond acceptors (Lipinski definition) is 3. The van der Waals surface area contributed by atoms with Crippen LogP contribution in [0.25, 0.3) is 0 Å². The van der Waals surface area contributed by atoms with Crippen LogP contribution in [0.15, 0.2) is 72.8 Å². The van der Waals surface area contributed by atoms with Gasteiger partial charge in [0, 0.05) is 16.9 Å². The molecule has 0 aliphatic carbocycles. The number of hydrogen-bond donors (Lipinski definition) is 2. The van der Waals surface area contributed by atoms with Gasteiger partial charge in [0.2, 0.25) is 0 Å². The number of benzene rings is 3. The second-order valence-electron chi connectivity index (χ2n) is 8.57. The normalized spacial score (nSPS) is 12.0. The summed E-state index contributed by atoms with van der Waals surface area (Å²) in [6.07, 6.45) is -0.792. The molecule has 6 heteroatoms. The van der Waals surface area contributed by atoms with Gasteiger partial charge in [-0.15, -0.1) is 0 Å². The van der Waals surface area contributed by atoms with Crippen LogP contribution < -0.4 is 15.4 Å². The fraction of sp³-hybridized carbons (Fsp3) is 0.231. The van der Waals surface area contributed by atoms with E-state index in [-0.39, 0.29) is 23.0 Å². The van der Waals surface area contributed by atoms with Crippen molar-refractivity contribution in [1.82, 2.24) is 0 Å². The van der Waals surface area contributed by atoms with Crippen LogP contribution in [-0.4, -0.2) is 17.9 Å². The lowest BCUT2D eigenvalue weighted by Gasteiger charge is -2.19. The smallest absolute Gasteiger partial charge is 0.265 e. The molecule has 0 fully saturated rings. The van der Waals surface area contributed by atoms with E-state index in [0.29, 0.717) is 22.7 Å². The standard InChI is InChI=1S/C26H27FN2O3/c1-17(32-23-14-12-20(27)13-15-23)24(30)28-21-6-5-7-22(16-21)29-25(31)18-8-10-19(11-9-18)26(2,3)4/h5-17H,1-4H3,(H,28,30)(H,29,31). The molecule has 0 bridgehead atoms. The molecule has 0 heterocycles. The lowest BCUT2D eigenvalue weighted by atomic mass is 9.87. The van der Waals surface area contributed by atoms with E-state index in [0.717, 1.165) is 5.56 Å². The quantitative estimate of drug-likeness (QED) is 0.517. The minimum Gasteiger partial charge on any atom is -0.481 e. The van der Waals surface area contributed by atoms with Crippen molar-refractivity contribution < 1.29 is 18.7 Å². The summed E-state index contributed by atoms with van der Waals surface area (Å²) in [5.41, 5.74) is 2.79. The van der Waals surface area contributed by atoms with Crippen LogP contribution in [0.3, 0.4) is 0 Å². The minimum absolute atomic E-state index is 0.0130. The molecule has 2 N–H and O–H groups in total. The number of rotatable bonds is 6. The van der Waals surface area contributed by atoms with Crippen molar-refractivity contribution >= 4 is 23.2 Å². The molecule has 0 saturated carbocycles. The van der Waals surface area contributed by atoms with Crippen LogP contribution in [0.1, 0.15) is 43.6 Å². The first kappa shape index (κ1) is 23.0. The molecule has 2 amide bonds. The maximum Gasteiger partial charge on any atom is 0.265 e. The van der Waals surface area contributed by atoms with Crippen LogP contribution in [0.4, 0.5) is 15.8 Å². The monoisotopic (exact) mass is 434 g/mol. The molecule has 0 radical (unpaired) electrons. The van der Waals surface area contributed by atoms with Gasteiger partial charge in [-0.1, -0.05) is 39.0 Å². The average molecular weight is 435 g/mol. The van der Waals surface area contributed by atoms with Crippen molar-refractivity contribution in [2.45, 2.75) is 39.2 Å². The van der Waals surface area contributed by atoms with E-state index in [1.807, 2.05) is 12.1 Å². The second-order valence-corrected chi connectivity index (χ2v) is 8.57. The third-order valence-electron chi connectivity index (χ3n) is 4.90. The fourth-order valence-electron chi connectivity index (χ4n) is 3.01. The summed E-state index contributed by atoms with van der Waals surface area (Å²) >= 11 is 0. The first-order valence-corrected chi connectivity index (χ1v) is 10.4. The summed E-state index contributed by atoms with van der Waals surface area (Å²) in [4.78, 5) is 25.1. The molecule has 1 atom stereocenters. The van der Waals surface area contributed by atoms with Crippen molar-refractivity contribution in [3.05, 3.63) is 89.7 Å². The van der Waals surface area contributed by atoms with E-state index in [1.54, 1.807) is 43.3 Å². The summed E-state index contributed by atoms with van der Waals surface area (Å²) < 4.78 is 18.5. The Morgan fingerprint density at radius 2 is 1.47 bits per heavy atom. The Labute approximate surface area is 187 Å². The zero-order chi connectivity index (χ0) is 23.3. The third kappa shape index (κ3) is 6.17. The fourth-order valence-corrected chi connectivity index (χ4v) is 3.01. The average Bonchev–Trinajstić information content (AvgIpc) is 2.75. The predicted molar refractivity (Wildman–Crippen MR) is 125 cm³/mol. The number of anilines is 2. The van der Waals surface area contributed by atoms with Gasteiger partial charge in [-0.05, 0) is 72.5 Å². The van der Waals surface area contributed by atoms with Crippen molar-refractivity contribution in [3.8, 4) is 5.75 Å². The van der Waals surface area contributed by atoms with Gasteiger partial charge >= 0.3 is 0 Å². The van der Waals surface area contributed by atoms with E-state index in [9.17, 15) is 14.0 Å². The van der Waals surface area contributed by atoms with E-state index in [1.165, 1.54) is 24.3 Å². The lowest BCUT2D eigenvalue weighted by molar-refractivity contribution is -0.122. The Bertz CT molecular complexity index is 1090. The molecule has 0 aromatic heterocycles. The number of carbonyl (C=O) groups excluding carboxylic acids is 2. The molecule has 166 valence electrons. The Morgan fingerprint density at radius 1 is 0.875 bits per heavy atom. The minimum atomic E-state index is -0.792. The number of ether oxygens (including phenoxy) is 1. The molecule has 0 aliphatic heterocycles. The highest BCUT2D eigenvalue weighted by molar-refractivity contribution is 6.04. The molecular formula is C26H27FN2O3. The van der Waals surface area contributed by atoms with E-state index in [2.05, 4.69) is 31.4 Å². The maximum absolute atomic E-state index is 13.0. The molecule has 1 unspecified atom stereocenters. The molecule has 3 rings (SSSR count). The zero-order valence-electron chi connectivity index (χ0n) is 18.6. The summed E-state index contributed by atoms with van der Waals surface area (Å²) in [5, 5.41) is 5.61.